The molecule has 0 aromatic heterocycles. The zero-order chi connectivity index (χ0) is 8.27. The van der Waals surface area contributed by atoms with E-state index in [-0.39, 0.29) is 5.82 Å². The fourth-order valence-corrected chi connectivity index (χ4v) is 0.835. The maximum absolute atomic E-state index is 12.5. The Balaban J connectivity index is 2.98. The summed E-state index contributed by atoms with van der Waals surface area (Å²) in [5.41, 5.74) is 0.768. The number of hydrogen-bond acceptors (Lipinski definition) is 1. The van der Waals surface area contributed by atoms with Crippen molar-refractivity contribution < 1.29 is 9.13 Å². The van der Waals surface area contributed by atoms with E-state index in [1.807, 2.05) is 0 Å². The Bertz CT molecular complexity index is 268. The van der Waals surface area contributed by atoms with Crippen LogP contribution in [0.5, 0.6) is 5.75 Å². The Kier molecular flexibility index (Phi) is 2.26. The Morgan fingerprint density at radius 3 is 2.82 bits per heavy atom. The van der Waals surface area contributed by atoms with Crippen molar-refractivity contribution in [2.24, 2.45) is 0 Å². The highest BCUT2D eigenvalue weighted by Crippen LogP contribution is 2.17. The summed E-state index contributed by atoms with van der Waals surface area (Å²) in [6, 6.07) is 4.34. The van der Waals surface area contributed by atoms with E-state index < -0.39 is 0 Å². The SMILES string of the molecule is C=COc1ccc(F)cc1C. The average Bonchev–Trinajstić information content (AvgIpc) is 1.95. The third-order valence-corrected chi connectivity index (χ3v) is 1.35. The molecule has 11 heavy (non-hydrogen) atoms. The summed E-state index contributed by atoms with van der Waals surface area (Å²) in [4.78, 5) is 0. The number of rotatable bonds is 2. The first kappa shape index (κ1) is 7.79. The number of ether oxygens (including phenoxy) is 1. The maximum Gasteiger partial charge on any atom is 0.129 e. The van der Waals surface area contributed by atoms with Crippen molar-refractivity contribution >= 4 is 0 Å². The summed E-state index contributed by atoms with van der Waals surface area (Å²) in [6.45, 7) is 5.18. The van der Waals surface area contributed by atoms with Gasteiger partial charge in [0.05, 0.1) is 6.26 Å². The fourth-order valence-electron chi connectivity index (χ4n) is 0.835. The molecule has 0 aliphatic rings. The first-order valence-electron chi connectivity index (χ1n) is 3.28. The third-order valence-electron chi connectivity index (χ3n) is 1.35. The first-order chi connectivity index (χ1) is 5.24. The second-order valence-electron chi connectivity index (χ2n) is 2.19. The van der Waals surface area contributed by atoms with Gasteiger partial charge in [-0.05, 0) is 30.7 Å². The molecule has 0 fully saturated rings. The van der Waals surface area contributed by atoms with E-state index in [4.69, 9.17) is 4.74 Å². The Hall–Kier alpha value is -1.31. The van der Waals surface area contributed by atoms with Gasteiger partial charge in [0, 0.05) is 0 Å². The van der Waals surface area contributed by atoms with Crippen LogP contribution in [0, 0.1) is 12.7 Å². The van der Waals surface area contributed by atoms with E-state index >= 15 is 0 Å². The third kappa shape index (κ3) is 1.80. The molecular weight excluding hydrogens is 143 g/mol. The van der Waals surface area contributed by atoms with Crippen LogP contribution in [-0.4, -0.2) is 0 Å². The minimum atomic E-state index is -0.251. The summed E-state index contributed by atoms with van der Waals surface area (Å²) >= 11 is 0. The molecule has 0 unspecified atom stereocenters. The van der Waals surface area contributed by atoms with E-state index in [1.165, 1.54) is 18.4 Å². The topological polar surface area (TPSA) is 9.23 Å². The molecule has 0 heterocycles. The van der Waals surface area contributed by atoms with Crippen LogP contribution in [0.15, 0.2) is 31.0 Å². The van der Waals surface area contributed by atoms with Crippen molar-refractivity contribution in [1.29, 1.82) is 0 Å². The number of halogens is 1. The summed E-state index contributed by atoms with van der Waals surface area (Å²) < 4.78 is 17.5. The van der Waals surface area contributed by atoms with Crippen LogP contribution in [0.25, 0.3) is 0 Å². The summed E-state index contributed by atoms with van der Waals surface area (Å²) in [6.07, 6.45) is 1.32. The minimum absolute atomic E-state index is 0.251. The Labute approximate surface area is 65.1 Å². The van der Waals surface area contributed by atoms with E-state index in [1.54, 1.807) is 13.0 Å². The number of aryl methyl sites for hydroxylation is 1. The lowest BCUT2D eigenvalue weighted by Gasteiger charge is -2.02. The molecule has 0 radical (unpaired) electrons. The lowest BCUT2D eigenvalue weighted by atomic mass is 10.2. The normalized spacial score (nSPS) is 9.27. The smallest absolute Gasteiger partial charge is 0.129 e. The summed E-state index contributed by atoms with van der Waals surface area (Å²) in [5, 5.41) is 0. The van der Waals surface area contributed by atoms with Crippen LogP contribution in [0.4, 0.5) is 4.39 Å². The highest BCUT2D eigenvalue weighted by Gasteiger charge is 1.97. The molecule has 0 atom stereocenters. The largest absolute Gasteiger partial charge is 0.465 e. The molecule has 0 N–H and O–H groups in total. The van der Waals surface area contributed by atoms with Crippen molar-refractivity contribution in [3.05, 3.63) is 42.4 Å². The van der Waals surface area contributed by atoms with E-state index in [0.29, 0.717) is 5.75 Å². The van der Waals surface area contributed by atoms with Crippen molar-refractivity contribution in [3.8, 4) is 5.75 Å². The highest BCUT2D eigenvalue weighted by molar-refractivity contribution is 5.32. The molecule has 1 aromatic rings. The van der Waals surface area contributed by atoms with Gasteiger partial charge >= 0.3 is 0 Å². The standard InChI is InChI=1S/C9H9FO/c1-3-11-9-5-4-8(10)6-7(9)2/h3-6H,1H2,2H3. The van der Waals surface area contributed by atoms with Crippen LogP contribution in [0.3, 0.4) is 0 Å². The lowest BCUT2D eigenvalue weighted by Crippen LogP contribution is -1.85. The van der Waals surface area contributed by atoms with Gasteiger partial charge < -0.3 is 4.74 Å². The van der Waals surface area contributed by atoms with Gasteiger partial charge in [-0.3, -0.25) is 0 Å². The molecule has 0 saturated carbocycles. The van der Waals surface area contributed by atoms with Gasteiger partial charge in [-0.25, -0.2) is 4.39 Å². The van der Waals surface area contributed by atoms with Crippen molar-refractivity contribution in [2.75, 3.05) is 0 Å². The molecule has 2 heteroatoms. The minimum Gasteiger partial charge on any atom is -0.465 e. The van der Waals surface area contributed by atoms with Gasteiger partial charge in [0.1, 0.15) is 11.6 Å². The second kappa shape index (κ2) is 3.19. The Morgan fingerprint density at radius 2 is 2.27 bits per heavy atom. The van der Waals surface area contributed by atoms with Crippen LogP contribution < -0.4 is 4.74 Å². The first-order valence-corrected chi connectivity index (χ1v) is 3.28. The van der Waals surface area contributed by atoms with Gasteiger partial charge in [-0.1, -0.05) is 6.58 Å². The van der Waals surface area contributed by atoms with Gasteiger partial charge in [-0.15, -0.1) is 0 Å². The predicted octanol–water partition coefficient (Wildman–Crippen LogP) is 2.66. The molecule has 58 valence electrons. The van der Waals surface area contributed by atoms with Crippen LogP contribution >= 0.6 is 0 Å². The molecule has 0 bridgehead atoms. The molecule has 1 rings (SSSR count). The number of benzene rings is 1. The zero-order valence-electron chi connectivity index (χ0n) is 6.30. The molecule has 0 spiro atoms. The van der Waals surface area contributed by atoms with E-state index in [9.17, 15) is 4.39 Å². The molecule has 0 amide bonds. The maximum atomic E-state index is 12.5. The molecule has 0 saturated heterocycles. The summed E-state index contributed by atoms with van der Waals surface area (Å²) in [5.74, 6) is 0.389. The average molecular weight is 152 g/mol. The van der Waals surface area contributed by atoms with E-state index in [0.717, 1.165) is 5.56 Å². The molecule has 0 aliphatic heterocycles. The van der Waals surface area contributed by atoms with E-state index in [2.05, 4.69) is 6.58 Å². The lowest BCUT2D eigenvalue weighted by molar-refractivity contribution is 0.477. The molecule has 0 aliphatic carbocycles. The number of hydrogen-bond donors (Lipinski definition) is 0. The fraction of sp³-hybridized carbons (Fsp3) is 0.111. The van der Waals surface area contributed by atoms with Crippen molar-refractivity contribution in [3.63, 3.8) is 0 Å². The monoisotopic (exact) mass is 152 g/mol. The van der Waals surface area contributed by atoms with Crippen molar-refractivity contribution in [1.82, 2.24) is 0 Å². The summed E-state index contributed by atoms with van der Waals surface area (Å²) in [7, 11) is 0. The van der Waals surface area contributed by atoms with Gasteiger partial charge in [0.2, 0.25) is 0 Å². The quantitative estimate of drug-likeness (QED) is 0.592. The second-order valence-corrected chi connectivity index (χ2v) is 2.19. The predicted molar refractivity (Wildman–Crippen MR) is 42.0 cm³/mol. The molecule has 1 aromatic carbocycles. The molecule has 1 nitrogen and oxygen atoms in total. The highest BCUT2D eigenvalue weighted by atomic mass is 19.1. The van der Waals surface area contributed by atoms with Crippen molar-refractivity contribution in [2.45, 2.75) is 6.92 Å². The van der Waals surface area contributed by atoms with Gasteiger partial charge in [-0.2, -0.15) is 0 Å². The zero-order valence-corrected chi connectivity index (χ0v) is 6.30. The van der Waals surface area contributed by atoms with Crippen LogP contribution in [0.1, 0.15) is 5.56 Å². The molecular formula is C9H9FO. The van der Waals surface area contributed by atoms with Crippen LogP contribution in [-0.2, 0) is 0 Å². The Morgan fingerprint density at radius 1 is 1.55 bits per heavy atom. The van der Waals surface area contributed by atoms with Gasteiger partial charge in [0.25, 0.3) is 0 Å². The van der Waals surface area contributed by atoms with Gasteiger partial charge in [0.15, 0.2) is 0 Å². The van der Waals surface area contributed by atoms with Crippen LogP contribution in [0.2, 0.25) is 0 Å².